The molecule has 0 spiro atoms. The Morgan fingerprint density at radius 1 is 1.33 bits per heavy atom. The van der Waals surface area contributed by atoms with Crippen molar-refractivity contribution in [1.82, 2.24) is 15.3 Å². The third-order valence-corrected chi connectivity index (χ3v) is 6.49. The van der Waals surface area contributed by atoms with E-state index in [1.165, 1.54) is 0 Å². The smallest absolute Gasteiger partial charge is 0.157 e. The Hall–Kier alpha value is -1.02. The fraction of sp³-hybridized carbons (Fsp3) is 0.625. The average Bonchev–Trinajstić information content (AvgIpc) is 2.93. The van der Waals surface area contributed by atoms with Crippen molar-refractivity contribution in [2.75, 3.05) is 30.8 Å². The van der Waals surface area contributed by atoms with Crippen LogP contribution in [0.15, 0.2) is 11.0 Å². The average molecular weight is 371 g/mol. The van der Waals surface area contributed by atoms with Gasteiger partial charge in [-0.05, 0) is 37.8 Å². The number of nitrogens with zero attached hydrogens (tertiary/aromatic N) is 2. The van der Waals surface area contributed by atoms with Gasteiger partial charge in [0.1, 0.15) is 10.7 Å². The molecule has 3 aliphatic rings. The monoisotopic (exact) mass is 370 g/mol. The number of hydrogen-bond donors (Lipinski definition) is 3. The summed E-state index contributed by atoms with van der Waals surface area (Å²) in [6, 6.07) is 0. The molecule has 1 saturated carbocycles. The van der Waals surface area contributed by atoms with Crippen molar-refractivity contribution >= 4 is 34.6 Å². The first-order valence-electron chi connectivity index (χ1n) is 8.29. The second kappa shape index (κ2) is 7.07. The number of hydrogen-bond acceptors (Lipinski definition) is 6. The van der Waals surface area contributed by atoms with Crippen molar-refractivity contribution in [1.29, 1.82) is 0 Å². The van der Waals surface area contributed by atoms with E-state index in [1.807, 2.05) is 0 Å². The molecule has 0 radical (unpaired) electrons. The minimum atomic E-state index is -1.04. The molecule has 3 N–H and O–H groups in total. The van der Waals surface area contributed by atoms with Gasteiger partial charge in [-0.2, -0.15) is 0 Å². The van der Waals surface area contributed by atoms with Gasteiger partial charge < -0.3 is 15.7 Å². The zero-order chi connectivity index (χ0) is 15.9. The summed E-state index contributed by atoms with van der Waals surface area (Å²) in [6.45, 7) is 1.85. The number of aliphatic hydroxyl groups excluding tert-OH is 1. The maximum atomic E-state index is 12.4. The number of anilines is 1. The summed E-state index contributed by atoms with van der Waals surface area (Å²) >= 11 is 0. The van der Waals surface area contributed by atoms with E-state index >= 15 is 0 Å². The number of aryl methyl sites for hydroxylation is 1. The molecular weight excluding hydrogens is 348 g/mol. The summed E-state index contributed by atoms with van der Waals surface area (Å²) in [5.41, 5.74) is 1.76. The predicted molar refractivity (Wildman–Crippen MR) is 97.0 cm³/mol. The fourth-order valence-corrected chi connectivity index (χ4v) is 4.73. The number of aliphatic hydroxyl groups is 1. The fourth-order valence-electron chi connectivity index (χ4n) is 3.43. The molecule has 0 amide bonds. The van der Waals surface area contributed by atoms with Gasteiger partial charge in [0.25, 0.3) is 0 Å². The summed E-state index contributed by atoms with van der Waals surface area (Å²) in [7, 11) is -1.04. The molecule has 1 aromatic heterocycles. The van der Waals surface area contributed by atoms with E-state index in [-0.39, 0.29) is 24.6 Å². The van der Waals surface area contributed by atoms with E-state index < -0.39 is 10.8 Å². The van der Waals surface area contributed by atoms with E-state index in [0.717, 1.165) is 67.2 Å². The summed E-state index contributed by atoms with van der Waals surface area (Å²) in [5.74, 6) is 2.04. The SMILES string of the molecule is Cl.O=S1CCc2nc(C3=CCNCC3)nc(NC3(CO)CCC3)c21. The van der Waals surface area contributed by atoms with Crippen LogP contribution in [0.3, 0.4) is 0 Å². The lowest BCUT2D eigenvalue weighted by Gasteiger charge is -2.41. The van der Waals surface area contributed by atoms with Gasteiger partial charge in [0.15, 0.2) is 5.82 Å². The Morgan fingerprint density at radius 3 is 2.79 bits per heavy atom. The molecule has 2 aliphatic heterocycles. The van der Waals surface area contributed by atoms with Crippen LogP contribution in [0, 0.1) is 0 Å². The summed E-state index contributed by atoms with van der Waals surface area (Å²) < 4.78 is 12.4. The number of fused-ring (bicyclic) bond motifs is 1. The van der Waals surface area contributed by atoms with Crippen LogP contribution >= 0.6 is 12.4 Å². The number of nitrogens with one attached hydrogen (secondary N) is 2. The largest absolute Gasteiger partial charge is 0.394 e. The third kappa shape index (κ3) is 3.10. The predicted octanol–water partition coefficient (Wildman–Crippen LogP) is 1.27. The molecule has 1 unspecified atom stereocenters. The van der Waals surface area contributed by atoms with Crippen LogP contribution in [0.25, 0.3) is 5.57 Å². The van der Waals surface area contributed by atoms with E-state index in [4.69, 9.17) is 4.98 Å². The number of halogens is 1. The minimum absolute atomic E-state index is 0. The minimum Gasteiger partial charge on any atom is -0.394 e. The van der Waals surface area contributed by atoms with E-state index in [0.29, 0.717) is 11.6 Å². The van der Waals surface area contributed by atoms with Crippen LogP contribution in [-0.4, -0.2) is 50.3 Å². The molecule has 1 atom stereocenters. The molecule has 6 nitrogen and oxygen atoms in total. The molecule has 24 heavy (non-hydrogen) atoms. The molecule has 1 aliphatic carbocycles. The van der Waals surface area contributed by atoms with Crippen LogP contribution in [0.4, 0.5) is 5.82 Å². The second-order valence-corrected chi connectivity index (χ2v) is 8.08. The first-order valence-corrected chi connectivity index (χ1v) is 9.61. The maximum Gasteiger partial charge on any atom is 0.157 e. The Labute approximate surface area is 150 Å². The topological polar surface area (TPSA) is 87.1 Å². The summed E-state index contributed by atoms with van der Waals surface area (Å²) in [6.07, 6.45) is 6.74. The van der Waals surface area contributed by atoms with Crippen LogP contribution < -0.4 is 10.6 Å². The van der Waals surface area contributed by atoms with Gasteiger partial charge in [-0.15, -0.1) is 12.4 Å². The molecule has 132 valence electrons. The summed E-state index contributed by atoms with van der Waals surface area (Å²) in [4.78, 5) is 10.1. The van der Waals surface area contributed by atoms with Gasteiger partial charge in [0.2, 0.25) is 0 Å². The molecule has 3 heterocycles. The zero-order valence-electron chi connectivity index (χ0n) is 13.5. The highest BCUT2D eigenvalue weighted by molar-refractivity contribution is 7.85. The van der Waals surface area contributed by atoms with Gasteiger partial charge in [0, 0.05) is 18.7 Å². The molecule has 0 saturated heterocycles. The lowest BCUT2D eigenvalue weighted by Crippen LogP contribution is -2.48. The number of aromatic nitrogens is 2. The highest BCUT2D eigenvalue weighted by Gasteiger charge is 2.38. The third-order valence-electron chi connectivity index (χ3n) is 5.04. The van der Waals surface area contributed by atoms with Crippen molar-refractivity contribution in [3.05, 3.63) is 17.6 Å². The molecule has 0 aromatic carbocycles. The lowest BCUT2D eigenvalue weighted by molar-refractivity contribution is 0.143. The van der Waals surface area contributed by atoms with Crippen molar-refractivity contribution in [2.45, 2.75) is 42.5 Å². The quantitative estimate of drug-likeness (QED) is 0.739. The van der Waals surface area contributed by atoms with Crippen LogP contribution in [0.2, 0.25) is 0 Å². The second-order valence-electron chi connectivity index (χ2n) is 6.57. The molecule has 8 heteroatoms. The van der Waals surface area contributed by atoms with Gasteiger partial charge in [-0.25, -0.2) is 9.97 Å². The van der Waals surface area contributed by atoms with Crippen molar-refractivity contribution in [3.63, 3.8) is 0 Å². The van der Waals surface area contributed by atoms with Gasteiger partial charge in [-0.1, -0.05) is 6.08 Å². The standard InChI is InChI=1S/C16H22N4O2S.ClH/c21-10-16(5-1-6-16)20-15-13-12(4-9-23(13)22)18-14(19-15)11-2-7-17-8-3-11;/h2,17,21H,1,3-10H2,(H,18,19,20);1H. The van der Waals surface area contributed by atoms with E-state index in [1.54, 1.807) is 0 Å². The van der Waals surface area contributed by atoms with Crippen LogP contribution in [0.5, 0.6) is 0 Å². The van der Waals surface area contributed by atoms with Crippen LogP contribution in [-0.2, 0) is 17.2 Å². The molecule has 0 bridgehead atoms. The van der Waals surface area contributed by atoms with Crippen molar-refractivity contribution in [3.8, 4) is 0 Å². The first-order chi connectivity index (χ1) is 11.2. The highest BCUT2D eigenvalue weighted by atomic mass is 35.5. The Morgan fingerprint density at radius 2 is 2.17 bits per heavy atom. The number of rotatable bonds is 4. The lowest BCUT2D eigenvalue weighted by atomic mass is 9.77. The Bertz CT molecular complexity index is 685. The highest BCUT2D eigenvalue weighted by Crippen LogP contribution is 2.38. The maximum absolute atomic E-state index is 12.4. The summed E-state index contributed by atoms with van der Waals surface area (Å²) in [5, 5.41) is 16.4. The normalized spacial score (nSPS) is 24.4. The van der Waals surface area contributed by atoms with Crippen molar-refractivity contribution in [2.24, 2.45) is 0 Å². The van der Waals surface area contributed by atoms with Crippen molar-refractivity contribution < 1.29 is 9.32 Å². The Kier molecular flexibility index (Phi) is 5.24. The first kappa shape index (κ1) is 17.8. The molecule has 1 aromatic rings. The zero-order valence-corrected chi connectivity index (χ0v) is 15.1. The molecular formula is C16H23ClN4O2S. The molecule has 1 fully saturated rings. The Balaban J connectivity index is 0.00000169. The van der Waals surface area contributed by atoms with Gasteiger partial charge in [0.05, 0.1) is 28.6 Å². The van der Waals surface area contributed by atoms with E-state index in [9.17, 15) is 9.32 Å². The molecule has 4 rings (SSSR count). The van der Waals surface area contributed by atoms with E-state index in [2.05, 4.69) is 21.7 Å². The van der Waals surface area contributed by atoms with Crippen LogP contribution in [0.1, 0.15) is 37.2 Å². The van der Waals surface area contributed by atoms with Gasteiger partial charge in [-0.3, -0.25) is 4.21 Å². The van der Waals surface area contributed by atoms with Gasteiger partial charge >= 0.3 is 0 Å².